The number of halogens is 1. The lowest BCUT2D eigenvalue weighted by Gasteiger charge is -2.28. The molecule has 8 heteroatoms. The van der Waals surface area contributed by atoms with Gasteiger partial charge in [0.05, 0.1) is 6.61 Å². The second kappa shape index (κ2) is 10.1. The van der Waals surface area contributed by atoms with Gasteiger partial charge in [0, 0.05) is 36.5 Å². The van der Waals surface area contributed by atoms with Crippen LogP contribution in [-0.2, 0) is 16.0 Å². The van der Waals surface area contributed by atoms with Crippen LogP contribution in [-0.4, -0.2) is 48.8 Å². The van der Waals surface area contributed by atoms with E-state index in [1.165, 1.54) is 0 Å². The third-order valence-electron chi connectivity index (χ3n) is 4.95. The lowest BCUT2D eigenvalue weighted by molar-refractivity contribution is -0.129. The highest BCUT2D eigenvalue weighted by atomic mass is 79.9. The van der Waals surface area contributed by atoms with Crippen LogP contribution in [0.2, 0.25) is 0 Å². The summed E-state index contributed by atoms with van der Waals surface area (Å²) in [6.07, 6.45) is 0.527. The molecule has 2 atom stereocenters. The molecular weight excluding hydrogens is 450 g/mol. The van der Waals surface area contributed by atoms with E-state index in [9.17, 15) is 4.79 Å². The number of carbonyl (C=O) groups is 1. The summed E-state index contributed by atoms with van der Waals surface area (Å²) >= 11 is 3.44. The summed E-state index contributed by atoms with van der Waals surface area (Å²) in [5.41, 5.74) is 6.04. The van der Waals surface area contributed by atoms with E-state index in [-0.39, 0.29) is 12.5 Å². The Bertz CT molecular complexity index is 886. The molecule has 0 aliphatic carbocycles. The minimum Gasteiger partial charge on any atom is -0.494 e. The van der Waals surface area contributed by atoms with Crippen LogP contribution in [0.5, 0.6) is 5.75 Å². The van der Waals surface area contributed by atoms with Crippen LogP contribution >= 0.6 is 15.9 Å². The molecule has 30 heavy (non-hydrogen) atoms. The van der Waals surface area contributed by atoms with Crippen molar-refractivity contribution in [2.24, 2.45) is 4.99 Å². The van der Waals surface area contributed by atoms with Crippen LogP contribution in [0.15, 0.2) is 58.0 Å². The van der Waals surface area contributed by atoms with Crippen molar-refractivity contribution >= 4 is 27.7 Å². The first-order chi connectivity index (χ1) is 14.5. The van der Waals surface area contributed by atoms with Crippen molar-refractivity contribution in [3.63, 3.8) is 0 Å². The number of hydrazine groups is 1. The SMILES string of the molecule is CNNC(=O)[C@@]1(Cc2ccc(Br)cc2)N=C(c2ccc(OCCCO)cc2)O[C@H]1C. The Labute approximate surface area is 184 Å². The minimum atomic E-state index is -1.09. The molecule has 7 nitrogen and oxygen atoms in total. The van der Waals surface area contributed by atoms with E-state index < -0.39 is 11.6 Å². The normalized spacial score (nSPS) is 20.4. The van der Waals surface area contributed by atoms with Gasteiger partial charge < -0.3 is 14.6 Å². The average molecular weight is 476 g/mol. The van der Waals surface area contributed by atoms with E-state index in [4.69, 9.17) is 19.6 Å². The third kappa shape index (κ3) is 5.00. The highest BCUT2D eigenvalue weighted by Gasteiger charge is 2.50. The Morgan fingerprint density at radius 2 is 1.93 bits per heavy atom. The average Bonchev–Trinajstić information content (AvgIpc) is 3.08. The van der Waals surface area contributed by atoms with Crippen molar-refractivity contribution in [1.29, 1.82) is 0 Å². The fourth-order valence-electron chi connectivity index (χ4n) is 3.28. The van der Waals surface area contributed by atoms with E-state index >= 15 is 0 Å². The summed E-state index contributed by atoms with van der Waals surface area (Å²) in [6.45, 7) is 2.40. The number of ether oxygens (including phenoxy) is 2. The number of aliphatic imine (C=N–C) groups is 1. The molecular formula is C22H26BrN3O4. The molecule has 1 amide bonds. The number of aliphatic hydroxyl groups excluding tert-OH is 1. The van der Waals surface area contributed by atoms with E-state index in [1.807, 2.05) is 55.5 Å². The molecule has 1 aliphatic heterocycles. The fourth-order valence-corrected chi connectivity index (χ4v) is 3.54. The van der Waals surface area contributed by atoms with Gasteiger partial charge in [-0.15, -0.1) is 0 Å². The van der Waals surface area contributed by atoms with Crippen molar-refractivity contribution in [2.45, 2.75) is 31.4 Å². The Morgan fingerprint density at radius 1 is 1.23 bits per heavy atom. The summed E-state index contributed by atoms with van der Waals surface area (Å²) < 4.78 is 12.6. The maximum Gasteiger partial charge on any atom is 0.266 e. The first kappa shape index (κ1) is 22.3. The minimum absolute atomic E-state index is 0.0930. The molecule has 0 saturated carbocycles. The van der Waals surface area contributed by atoms with Crippen LogP contribution in [0.4, 0.5) is 0 Å². The third-order valence-corrected chi connectivity index (χ3v) is 5.48. The molecule has 0 unspecified atom stereocenters. The first-order valence-corrected chi connectivity index (χ1v) is 10.6. The molecule has 160 valence electrons. The molecule has 3 N–H and O–H groups in total. The van der Waals surface area contributed by atoms with Gasteiger partial charge in [-0.05, 0) is 48.9 Å². The van der Waals surface area contributed by atoms with Gasteiger partial charge in [0.15, 0.2) is 5.54 Å². The summed E-state index contributed by atoms with van der Waals surface area (Å²) in [4.78, 5) is 17.8. The zero-order valence-corrected chi connectivity index (χ0v) is 18.6. The zero-order chi connectivity index (χ0) is 21.6. The number of nitrogens with zero attached hydrogens (tertiary/aromatic N) is 1. The van der Waals surface area contributed by atoms with Gasteiger partial charge in [-0.3, -0.25) is 10.2 Å². The predicted molar refractivity (Wildman–Crippen MR) is 119 cm³/mol. The molecule has 0 saturated heterocycles. The van der Waals surface area contributed by atoms with Gasteiger partial charge in [0.1, 0.15) is 11.9 Å². The van der Waals surface area contributed by atoms with E-state index in [0.29, 0.717) is 31.1 Å². The maximum absolute atomic E-state index is 13.0. The van der Waals surface area contributed by atoms with E-state index in [0.717, 1.165) is 15.6 Å². The number of aliphatic hydroxyl groups is 1. The second-order valence-corrected chi connectivity index (χ2v) is 7.97. The second-order valence-electron chi connectivity index (χ2n) is 7.06. The summed E-state index contributed by atoms with van der Waals surface area (Å²) in [5.74, 6) is 0.875. The largest absolute Gasteiger partial charge is 0.494 e. The topological polar surface area (TPSA) is 92.2 Å². The fraction of sp³-hybridized carbons (Fsp3) is 0.364. The Balaban J connectivity index is 1.87. The lowest BCUT2D eigenvalue weighted by atomic mass is 9.86. The molecule has 0 radical (unpaired) electrons. The number of rotatable bonds is 9. The Morgan fingerprint density at radius 3 is 2.57 bits per heavy atom. The van der Waals surface area contributed by atoms with Gasteiger partial charge in [0.25, 0.3) is 5.91 Å². The van der Waals surface area contributed by atoms with Crippen molar-refractivity contribution in [2.75, 3.05) is 20.3 Å². The smallest absolute Gasteiger partial charge is 0.266 e. The number of benzene rings is 2. The summed E-state index contributed by atoms with van der Waals surface area (Å²) in [6, 6.07) is 15.2. The molecule has 2 aromatic rings. The van der Waals surface area contributed by atoms with Gasteiger partial charge in [-0.1, -0.05) is 28.1 Å². The summed E-state index contributed by atoms with van der Waals surface area (Å²) in [7, 11) is 1.64. The number of nitrogens with one attached hydrogen (secondary N) is 2. The molecule has 3 rings (SSSR count). The van der Waals surface area contributed by atoms with Gasteiger partial charge in [-0.2, -0.15) is 0 Å². The molecule has 2 aromatic carbocycles. The monoisotopic (exact) mass is 475 g/mol. The molecule has 0 spiro atoms. The highest BCUT2D eigenvalue weighted by molar-refractivity contribution is 9.10. The van der Waals surface area contributed by atoms with Gasteiger partial charge >= 0.3 is 0 Å². The zero-order valence-electron chi connectivity index (χ0n) is 17.0. The van der Waals surface area contributed by atoms with Crippen LogP contribution in [0.3, 0.4) is 0 Å². The molecule has 1 aliphatic rings. The maximum atomic E-state index is 13.0. The molecule has 0 aromatic heterocycles. The molecule has 0 fully saturated rings. The van der Waals surface area contributed by atoms with Crippen molar-refractivity contribution in [3.8, 4) is 5.75 Å². The number of hydrogen-bond donors (Lipinski definition) is 3. The standard InChI is InChI=1S/C22H26BrN3O4/c1-15-22(21(28)26-24-2,14-16-4-8-18(23)9-5-16)25-20(30-15)17-6-10-19(11-7-17)29-13-3-12-27/h4-11,15,24,27H,3,12-14H2,1-2H3,(H,26,28)/t15-,22-/m0/s1. The van der Waals surface area contributed by atoms with Crippen LogP contribution in [0, 0.1) is 0 Å². The van der Waals surface area contributed by atoms with Crippen molar-refractivity contribution < 1.29 is 19.4 Å². The first-order valence-electron chi connectivity index (χ1n) is 9.81. The van der Waals surface area contributed by atoms with Crippen molar-refractivity contribution in [1.82, 2.24) is 10.9 Å². The number of amides is 1. The lowest BCUT2D eigenvalue weighted by Crippen LogP contribution is -2.55. The van der Waals surface area contributed by atoms with Crippen LogP contribution in [0.25, 0.3) is 0 Å². The van der Waals surface area contributed by atoms with E-state index in [1.54, 1.807) is 7.05 Å². The quantitative estimate of drug-likeness (QED) is 0.382. The van der Waals surface area contributed by atoms with Gasteiger partial charge in [-0.25, -0.2) is 10.4 Å². The predicted octanol–water partition coefficient (Wildman–Crippen LogP) is 2.61. The molecule has 0 bridgehead atoms. The molecule has 1 heterocycles. The highest BCUT2D eigenvalue weighted by Crippen LogP contribution is 2.33. The van der Waals surface area contributed by atoms with Crippen LogP contribution in [0.1, 0.15) is 24.5 Å². The number of hydrogen-bond acceptors (Lipinski definition) is 6. The summed E-state index contributed by atoms with van der Waals surface area (Å²) in [5, 5.41) is 8.86. The Kier molecular flexibility index (Phi) is 7.47. The van der Waals surface area contributed by atoms with Crippen LogP contribution < -0.4 is 15.6 Å². The van der Waals surface area contributed by atoms with Crippen molar-refractivity contribution in [3.05, 3.63) is 64.1 Å². The van der Waals surface area contributed by atoms with Gasteiger partial charge in [0.2, 0.25) is 5.90 Å². The van der Waals surface area contributed by atoms with E-state index in [2.05, 4.69) is 26.8 Å². The number of carbonyl (C=O) groups excluding carboxylic acids is 1. The Hall–Kier alpha value is -2.42.